The fourth-order valence-corrected chi connectivity index (χ4v) is 3.81. The van der Waals surface area contributed by atoms with E-state index >= 15 is 0 Å². The van der Waals surface area contributed by atoms with Crippen molar-refractivity contribution >= 4 is 0 Å². The first-order valence-electron chi connectivity index (χ1n) is 9.14. The fraction of sp³-hybridized carbons (Fsp3) is 0.350. The Labute approximate surface area is 157 Å². The summed E-state index contributed by atoms with van der Waals surface area (Å²) in [5.74, 6) is 0.416. The molecule has 0 aliphatic heterocycles. The van der Waals surface area contributed by atoms with Gasteiger partial charge in [0, 0.05) is 37.1 Å². The van der Waals surface area contributed by atoms with Gasteiger partial charge in [-0.1, -0.05) is 12.1 Å². The van der Waals surface area contributed by atoms with Crippen molar-refractivity contribution in [3.63, 3.8) is 0 Å². The molecule has 1 aliphatic carbocycles. The first-order valence-corrected chi connectivity index (χ1v) is 9.14. The number of aliphatic hydroxyl groups excluding tert-OH is 1. The average molecular weight is 362 g/mol. The number of hydrogen-bond acceptors (Lipinski definition) is 5. The Morgan fingerprint density at radius 2 is 2.15 bits per heavy atom. The van der Waals surface area contributed by atoms with E-state index < -0.39 is 0 Å². The maximum Gasteiger partial charge on any atom is 0.0991 e. The minimum Gasteiger partial charge on any atom is -0.391 e. The number of aliphatic hydroxyl groups is 1. The highest BCUT2D eigenvalue weighted by atomic mass is 16.3. The van der Waals surface area contributed by atoms with Crippen LogP contribution >= 0.6 is 0 Å². The molecule has 1 unspecified atom stereocenters. The van der Waals surface area contributed by atoms with Gasteiger partial charge in [-0.15, -0.1) is 0 Å². The lowest BCUT2D eigenvalue weighted by molar-refractivity contribution is 0.145. The van der Waals surface area contributed by atoms with Crippen LogP contribution in [0.15, 0.2) is 48.9 Å². The fourth-order valence-electron chi connectivity index (χ4n) is 3.81. The van der Waals surface area contributed by atoms with Gasteiger partial charge in [0.1, 0.15) is 0 Å². The number of nitriles is 1. The molecule has 0 spiro atoms. The van der Waals surface area contributed by atoms with Crippen molar-refractivity contribution in [1.82, 2.24) is 25.3 Å². The van der Waals surface area contributed by atoms with Crippen LogP contribution in [-0.4, -0.2) is 37.2 Å². The second-order valence-corrected chi connectivity index (χ2v) is 7.08. The van der Waals surface area contributed by atoms with Crippen LogP contribution in [-0.2, 0) is 13.1 Å². The minimum atomic E-state index is -0.351. The molecule has 3 aromatic rings. The van der Waals surface area contributed by atoms with Gasteiger partial charge in [0.2, 0.25) is 0 Å². The summed E-state index contributed by atoms with van der Waals surface area (Å²) in [7, 11) is 0. The number of nitrogens with zero attached hydrogens (tertiary/aromatic N) is 4. The highest BCUT2D eigenvalue weighted by Crippen LogP contribution is 2.28. The monoisotopic (exact) mass is 362 g/mol. The first-order chi connectivity index (χ1) is 13.2. The van der Waals surface area contributed by atoms with Crippen LogP contribution < -0.4 is 5.32 Å². The summed E-state index contributed by atoms with van der Waals surface area (Å²) in [6, 6.07) is 11.5. The van der Waals surface area contributed by atoms with Gasteiger partial charge >= 0.3 is 0 Å². The number of benzene rings is 1. The number of hydrogen-bond donors (Lipinski definition) is 3. The molecule has 0 amide bonds. The van der Waals surface area contributed by atoms with Crippen molar-refractivity contribution in [2.75, 3.05) is 0 Å². The highest BCUT2D eigenvalue weighted by Gasteiger charge is 2.33. The van der Waals surface area contributed by atoms with E-state index in [0.29, 0.717) is 18.0 Å². The van der Waals surface area contributed by atoms with Crippen molar-refractivity contribution in [3.05, 3.63) is 60.0 Å². The minimum absolute atomic E-state index is 0.0641. The normalized spacial score (nSPS) is 22.0. The maximum atomic E-state index is 10.4. The third-order valence-electron chi connectivity index (χ3n) is 5.21. The van der Waals surface area contributed by atoms with Gasteiger partial charge in [0.15, 0.2) is 0 Å². The third kappa shape index (κ3) is 3.92. The Balaban J connectivity index is 1.38. The van der Waals surface area contributed by atoms with Gasteiger partial charge in [0.25, 0.3) is 0 Å². The largest absolute Gasteiger partial charge is 0.391 e. The van der Waals surface area contributed by atoms with E-state index in [1.807, 2.05) is 35.3 Å². The zero-order chi connectivity index (χ0) is 18.6. The van der Waals surface area contributed by atoms with E-state index in [-0.39, 0.29) is 12.1 Å². The predicted molar refractivity (Wildman–Crippen MR) is 100 cm³/mol. The van der Waals surface area contributed by atoms with Gasteiger partial charge < -0.3 is 10.4 Å². The SMILES string of the molecule is N#Cc1ccc(-c2[nH]ncc2CN[C@@H]2CC(Cn3cccn3)C[C@H]2O)cc1. The summed E-state index contributed by atoms with van der Waals surface area (Å²) < 4.78 is 1.93. The Kier molecular flexibility index (Phi) is 5.01. The molecule has 0 saturated heterocycles. The standard InChI is InChI=1S/C20H22N6O/c21-10-14-2-4-16(5-3-14)20-17(12-23-25-20)11-22-18-8-15(9-19(18)27)13-26-7-1-6-24-26/h1-7,12,15,18-19,22,27H,8-9,11,13H2,(H,23,25)/t15?,18-,19-/m1/s1. The molecule has 1 fully saturated rings. The number of H-pyrrole nitrogens is 1. The van der Waals surface area contributed by atoms with Crippen LogP contribution in [0.25, 0.3) is 11.3 Å². The molecule has 1 aliphatic rings. The summed E-state index contributed by atoms with van der Waals surface area (Å²) in [4.78, 5) is 0. The van der Waals surface area contributed by atoms with E-state index in [0.717, 1.165) is 36.2 Å². The van der Waals surface area contributed by atoms with Gasteiger partial charge in [-0.05, 0) is 42.5 Å². The molecular weight excluding hydrogens is 340 g/mol. The van der Waals surface area contributed by atoms with Crippen molar-refractivity contribution in [3.8, 4) is 17.3 Å². The van der Waals surface area contributed by atoms with Crippen LogP contribution in [0.4, 0.5) is 0 Å². The molecule has 2 aromatic heterocycles. The zero-order valence-corrected chi connectivity index (χ0v) is 14.9. The summed E-state index contributed by atoms with van der Waals surface area (Å²) in [6.07, 6.45) is 6.91. The van der Waals surface area contributed by atoms with Crippen molar-refractivity contribution in [2.45, 2.75) is 38.1 Å². The second kappa shape index (κ2) is 7.74. The maximum absolute atomic E-state index is 10.4. The molecule has 1 aromatic carbocycles. The number of rotatable bonds is 6. The average Bonchev–Trinajstić information content (AvgIpc) is 3.42. The molecule has 4 rings (SSSR count). The molecule has 27 heavy (non-hydrogen) atoms. The lowest BCUT2D eigenvalue weighted by Crippen LogP contribution is -2.35. The Hall–Kier alpha value is -2.95. The van der Waals surface area contributed by atoms with Crippen molar-refractivity contribution in [1.29, 1.82) is 5.26 Å². The first kappa shape index (κ1) is 17.5. The third-order valence-corrected chi connectivity index (χ3v) is 5.21. The molecular formula is C20H22N6O. The Bertz CT molecular complexity index is 909. The number of aromatic nitrogens is 4. The second-order valence-electron chi connectivity index (χ2n) is 7.08. The van der Waals surface area contributed by atoms with Crippen molar-refractivity contribution < 1.29 is 5.11 Å². The molecule has 3 N–H and O–H groups in total. The summed E-state index contributed by atoms with van der Waals surface area (Å²) in [5, 5.41) is 34.3. The summed E-state index contributed by atoms with van der Waals surface area (Å²) >= 11 is 0. The van der Waals surface area contributed by atoms with Gasteiger partial charge in [-0.3, -0.25) is 9.78 Å². The lowest BCUT2D eigenvalue weighted by atomic mass is 10.1. The Morgan fingerprint density at radius 3 is 2.89 bits per heavy atom. The molecule has 138 valence electrons. The van der Waals surface area contributed by atoms with Crippen LogP contribution in [0.2, 0.25) is 0 Å². The van der Waals surface area contributed by atoms with Crippen LogP contribution in [0.5, 0.6) is 0 Å². The van der Waals surface area contributed by atoms with Gasteiger partial charge in [-0.2, -0.15) is 15.5 Å². The topological polar surface area (TPSA) is 103 Å². The zero-order valence-electron chi connectivity index (χ0n) is 14.9. The van der Waals surface area contributed by atoms with Crippen LogP contribution in [0, 0.1) is 17.2 Å². The van der Waals surface area contributed by atoms with Gasteiger partial charge in [-0.25, -0.2) is 0 Å². The highest BCUT2D eigenvalue weighted by molar-refractivity contribution is 5.63. The summed E-state index contributed by atoms with van der Waals surface area (Å²) in [6.45, 7) is 1.46. The molecule has 3 atom stereocenters. The van der Waals surface area contributed by atoms with E-state index in [1.165, 1.54) is 0 Å². The predicted octanol–water partition coefficient (Wildman–Crippen LogP) is 2.07. The number of nitrogens with one attached hydrogen (secondary N) is 2. The van der Waals surface area contributed by atoms with E-state index in [4.69, 9.17) is 5.26 Å². The number of aromatic amines is 1. The van der Waals surface area contributed by atoms with Crippen LogP contribution in [0.3, 0.4) is 0 Å². The molecule has 2 heterocycles. The van der Waals surface area contributed by atoms with E-state index in [2.05, 4.69) is 26.7 Å². The molecule has 0 bridgehead atoms. The molecule has 1 saturated carbocycles. The molecule has 7 nitrogen and oxygen atoms in total. The summed E-state index contributed by atoms with van der Waals surface area (Å²) in [5.41, 5.74) is 3.61. The molecule has 7 heteroatoms. The Morgan fingerprint density at radius 1 is 1.30 bits per heavy atom. The lowest BCUT2D eigenvalue weighted by Gasteiger charge is -2.16. The van der Waals surface area contributed by atoms with E-state index in [9.17, 15) is 5.11 Å². The smallest absolute Gasteiger partial charge is 0.0991 e. The quantitative estimate of drug-likeness (QED) is 0.623. The van der Waals surface area contributed by atoms with E-state index in [1.54, 1.807) is 18.3 Å². The van der Waals surface area contributed by atoms with Gasteiger partial charge in [0.05, 0.1) is 29.6 Å². The van der Waals surface area contributed by atoms with Crippen LogP contribution in [0.1, 0.15) is 24.0 Å². The molecule has 0 radical (unpaired) electrons. The van der Waals surface area contributed by atoms with Crippen molar-refractivity contribution in [2.24, 2.45) is 5.92 Å².